The maximum absolute atomic E-state index is 14.2. The summed E-state index contributed by atoms with van der Waals surface area (Å²) in [5.41, 5.74) is -0.180. The molecule has 3 heterocycles. The summed E-state index contributed by atoms with van der Waals surface area (Å²) < 4.78 is 65.0. The Kier molecular flexibility index (Phi) is 7.36. The standard InChI is InChI=1S/C29H24F3N5O7/c1-2-41-19-4-6-20(7-5-19)44-21-11-17(10-18(12-21)37(39)40)33-28(38)23-14-27-34-22(13-26(29(30,31)32)36(27)35-23)16-3-8-24-25(9-16)43-15-42-24/h3-12,14,22,26,34H,2,13,15H2,1H3,(H,33,38). The number of nitrogens with zero attached hydrogens (tertiary/aromatic N) is 3. The van der Waals surface area contributed by atoms with Gasteiger partial charge in [0, 0.05) is 24.6 Å². The molecule has 2 unspecified atom stereocenters. The predicted octanol–water partition coefficient (Wildman–Crippen LogP) is 6.62. The van der Waals surface area contributed by atoms with Crippen molar-refractivity contribution in [1.29, 1.82) is 0 Å². The van der Waals surface area contributed by atoms with Gasteiger partial charge in [0.1, 0.15) is 23.1 Å². The van der Waals surface area contributed by atoms with Gasteiger partial charge in [0.25, 0.3) is 11.6 Å². The van der Waals surface area contributed by atoms with Crippen LogP contribution in [0.4, 0.5) is 30.4 Å². The molecule has 44 heavy (non-hydrogen) atoms. The quantitative estimate of drug-likeness (QED) is 0.166. The molecule has 12 nitrogen and oxygen atoms in total. The third-order valence-electron chi connectivity index (χ3n) is 6.95. The Hall–Kier alpha value is -5.47. The van der Waals surface area contributed by atoms with Crippen molar-refractivity contribution >= 4 is 23.1 Å². The van der Waals surface area contributed by atoms with Crippen LogP contribution in [-0.2, 0) is 0 Å². The topological polar surface area (TPSA) is 139 Å². The Morgan fingerprint density at radius 1 is 1.07 bits per heavy atom. The zero-order valence-corrected chi connectivity index (χ0v) is 23.0. The van der Waals surface area contributed by atoms with Crippen molar-refractivity contribution in [3.63, 3.8) is 0 Å². The summed E-state index contributed by atoms with van der Waals surface area (Å²) in [6.45, 7) is 2.33. The third kappa shape index (κ3) is 5.88. The molecular formula is C29H24F3N5O7. The SMILES string of the molecule is CCOc1ccc(Oc2cc(NC(=O)c3cc4n(n3)C(C(F)(F)F)CC(c3ccc5c(c3)OCO5)N4)cc([N+](=O)[O-])c2)cc1. The molecule has 0 saturated carbocycles. The molecule has 228 valence electrons. The fourth-order valence-corrected chi connectivity index (χ4v) is 4.95. The van der Waals surface area contributed by atoms with Crippen LogP contribution in [0.5, 0.6) is 28.7 Å². The molecule has 15 heteroatoms. The number of ether oxygens (including phenoxy) is 4. The Bertz CT molecular complexity index is 1730. The highest BCUT2D eigenvalue weighted by molar-refractivity contribution is 6.03. The number of aromatic nitrogens is 2. The van der Waals surface area contributed by atoms with Crippen molar-refractivity contribution in [1.82, 2.24) is 9.78 Å². The van der Waals surface area contributed by atoms with Gasteiger partial charge in [-0.05, 0) is 48.9 Å². The van der Waals surface area contributed by atoms with E-state index in [2.05, 4.69) is 15.7 Å². The van der Waals surface area contributed by atoms with Gasteiger partial charge in [-0.15, -0.1) is 0 Å². The van der Waals surface area contributed by atoms with Crippen molar-refractivity contribution in [2.24, 2.45) is 0 Å². The number of anilines is 2. The zero-order valence-electron chi connectivity index (χ0n) is 23.0. The number of rotatable bonds is 8. The molecule has 3 aromatic carbocycles. The molecule has 2 aliphatic rings. The highest BCUT2D eigenvalue weighted by Crippen LogP contribution is 2.45. The first-order chi connectivity index (χ1) is 21.1. The number of nitrogens with one attached hydrogen (secondary N) is 2. The monoisotopic (exact) mass is 611 g/mol. The first kappa shape index (κ1) is 28.6. The molecule has 2 aliphatic heterocycles. The molecule has 0 fully saturated rings. The molecule has 1 amide bonds. The number of amides is 1. The van der Waals surface area contributed by atoms with Crippen LogP contribution in [0.3, 0.4) is 0 Å². The minimum atomic E-state index is -4.67. The minimum absolute atomic E-state index is 0.0188. The number of benzene rings is 3. The van der Waals surface area contributed by atoms with Gasteiger partial charge >= 0.3 is 6.18 Å². The third-order valence-corrected chi connectivity index (χ3v) is 6.95. The molecule has 2 N–H and O–H groups in total. The number of carbonyl (C=O) groups excluding carboxylic acids is 1. The van der Waals surface area contributed by atoms with Gasteiger partial charge in [-0.3, -0.25) is 14.9 Å². The van der Waals surface area contributed by atoms with Crippen LogP contribution in [0.25, 0.3) is 0 Å². The summed E-state index contributed by atoms with van der Waals surface area (Å²) in [4.78, 5) is 24.1. The summed E-state index contributed by atoms with van der Waals surface area (Å²) in [5, 5.41) is 21.0. The van der Waals surface area contributed by atoms with E-state index in [1.807, 2.05) is 6.92 Å². The second kappa shape index (κ2) is 11.3. The molecule has 0 radical (unpaired) electrons. The second-order valence-electron chi connectivity index (χ2n) is 9.90. The van der Waals surface area contributed by atoms with Gasteiger partial charge in [0.15, 0.2) is 23.2 Å². The molecule has 0 aliphatic carbocycles. The van der Waals surface area contributed by atoms with Crippen LogP contribution in [-0.4, -0.2) is 40.2 Å². The van der Waals surface area contributed by atoms with Crippen molar-refractivity contribution in [2.45, 2.75) is 31.6 Å². The predicted molar refractivity (Wildman–Crippen MR) is 150 cm³/mol. The normalized spacial score (nSPS) is 16.9. The first-order valence-electron chi connectivity index (χ1n) is 13.4. The van der Waals surface area contributed by atoms with Crippen LogP contribution in [0.2, 0.25) is 0 Å². The Morgan fingerprint density at radius 3 is 2.55 bits per heavy atom. The minimum Gasteiger partial charge on any atom is -0.494 e. The summed E-state index contributed by atoms with van der Waals surface area (Å²) in [5.74, 6) is 1.04. The number of hydrogen-bond donors (Lipinski definition) is 2. The van der Waals surface area contributed by atoms with E-state index in [9.17, 15) is 28.1 Å². The number of hydrogen-bond acceptors (Lipinski definition) is 9. The van der Waals surface area contributed by atoms with E-state index in [1.165, 1.54) is 18.2 Å². The van der Waals surface area contributed by atoms with Crippen LogP contribution >= 0.6 is 0 Å². The van der Waals surface area contributed by atoms with Crippen molar-refractivity contribution in [2.75, 3.05) is 24.0 Å². The lowest BCUT2D eigenvalue weighted by Crippen LogP contribution is -2.35. The molecule has 6 rings (SSSR count). The highest BCUT2D eigenvalue weighted by Gasteiger charge is 2.47. The van der Waals surface area contributed by atoms with E-state index in [0.717, 1.165) is 10.7 Å². The average molecular weight is 612 g/mol. The van der Waals surface area contributed by atoms with Gasteiger partial charge < -0.3 is 29.6 Å². The van der Waals surface area contributed by atoms with Crippen LogP contribution in [0.15, 0.2) is 66.7 Å². The van der Waals surface area contributed by atoms with E-state index in [1.54, 1.807) is 42.5 Å². The largest absolute Gasteiger partial charge is 0.494 e. The number of alkyl halides is 3. The maximum atomic E-state index is 14.2. The highest BCUT2D eigenvalue weighted by atomic mass is 19.4. The second-order valence-corrected chi connectivity index (χ2v) is 9.90. The van der Waals surface area contributed by atoms with Crippen LogP contribution in [0, 0.1) is 10.1 Å². The van der Waals surface area contributed by atoms with E-state index in [0.29, 0.717) is 35.2 Å². The summed E-state index contributed by atoms with van der Waals surface area (Å²) in [6, 6.07) is 13.5. The summed E-state index contributed by atoms with van der Waals surface area (Å²) in [7, 11) is 0. The van der Waals surface area contributed by atoms with Crippen molar-refractivity contribution in [3.05, 3.63) is 88.1 Å². The fourth-order valence-electron chi connectivity index (χ4n) is 4.95. The van der Waals surface area contributed by atoms with Gasteiger partial charge in [0.05, 0.1) is 29.3 Å². The number of nitro benzene ring substituents is 1. The van der Waals surface area contributed by atoms with E-state index < -0.39 is 35.5 Å². The lowest BCUT2D eigenvalue weighted by molar-refractivity contribution is -0.384. The number of non-ortho nitro benzene ring substituents is 1. The zero-order chi connectivity index (χ0) is 31.0. The van der Waals surface area contributed by atoms with E-state index in [-0.39, 0.29) is 35.4 Å². The molecule has 0 saturated heterocycles. The average Bonchev–Trinajstić information content (AvgIpc) is 3.64. The molecule has 2 atom stereocenters. The van der Waals surface area contributed by atoms with Gasteiger partial charge in [-0.2, -0.15) is 18.3 Å². The molecule has 0 bridgehead atoms. The number of nitro groups is 1. The lowest BCUT2D eigenvalue weighted by Gasteiger charge is -2.33. The Morgan fingerprint density at radius 2 is 1.82 bits per heavy atom. The molecule has 1 aromatic heterocycles. The van der Waals surface area contributed by atoms with E-state index in [4.69, 9.17) is 18.9 Å². The first-order valence-corrected chi connectivity index (χ1v) is 13.4. The number of halogens is 3. The van der Waals surface area contributed by atoms with Crippen LogP contribution < -0.4 is 29.6 Å². The number of carbonyl (C=O) groups is 1. The molecule has 4 aromatic rings. The molecular weight excluding hydrogens is 587 g/mol. The van der Waals surface area contributed by atoms with Gasteiger partial charge in [-0.25, -0.2) is 4.68 Å². The molecule has 0 spiro atoms. The summed E-state index contributed by atoms with van der Waals surface area (Å²) in [6.07, 6.45) is -5.06. The maximum Gasteiger partial charge on any atom is 0.410 e. The lowest BCUT2D eigenvalue weighted by atomic mass is 9.96. The van der Waals surface area contributed by atoms with E-state index >= 15 is 0 Å². The Balaban J connectivity index is 1.24. The van der Waals surface area contributed by atoms with Crippen molar-refractivity contribution in [3.8, 4) is 28.7 Å². The van der Waals surface area contributed by atoms with Crippen LogP contribution in [0.1, 0.15) is 41.5 Å². The number of fused-ring (bicyclic) bond motifs is 2. The van der Waals surface area contributed by atoms with Gasteiger partial charge in [0.2, 0.25) is 6.79 Å². The Labute approximate surface area is 247 Å². The smallest absolute Gasteiger partial charge is 0.410 e. The van der Waals surface area contributed by atoms with Gasteiger partial charge in [-0.1, -0.05) is 6.07 Å². The fraction of sp³-hybridized carbons (Fsp3) is 0.241. The summed E-state index contributed by atoms with van der Waals surface area (Å²) >= 11 is 0. The van der Waals surface area contributed by atoms with Crippen molar-refractivity contribution < 1.29 is 41.8 Å².